The lowest BCUT2D eigenvalue weighted by Crippen LogP contribution is -2.30. The quantitative estimate of drug-likeness (QED) is 0.791. The topological polar surface area (TPSA) is 58.6 Å². The van der Waals surface area contributed by atoms with Crippen molar-refractivity contribution in [1.82, 2.24) is 5.32 Å². The van der Waals surface area contributed by atoms with Gasteiger partial charge in [-0.15, -0.1) is 0 Å². The van der Waals surface area contributed by atoms with E-state index < -0.39 is 12.1 Å². The second kappa shape index (κ2) is 6.25. The molecule has 0 radical (unpaired) electrons. The van der Waals surface area contributed by atoms with Crippen molar-refractivity contribution in [1.29, 1.82) is 0 Å². The largest absolute Gasteiger partial charge is 0.479 e. The van der Waals surface area contributed by atoms with Crippen molar-refractivity contribution in [2.24, 2.45) is 0 Å². The number of ether oxygens (including phenoxy) is 1. The van der Waals surface area contributed by atoms with E-state index in [1.54, 1.807) is 7.05 Å². The van der Waals surface area contributed by atoms with Crippen molar-refractivity contribution < 1.29 is 14.6 Å². The lowest BCUT2D eigenvalue weighted by atomic mass is 10.1. The van der Waals surface area contributed by atoms with Gasteiger partial charge in [-0.2, -0.15) is 0 Å². The Kier molecular flexibility index (Phi) is 4.97. The first-order chi connectivity index (χ1) is 8.02. The van der Waals surface area contributed by atoms with Crippen LogP contribution in [0.2, 0.25) is 0 Å². The first kappa shape index (κ1) is 13.5. The molecule has 1 aromatic carbocycles. The minimum Gasteiger partial charge on any atom is -0.479 e. The zero-order valence-corrected chi connectivity index (χ0v) is 10.5. The van der Waals surface area contributed by atoms with Crippen LogP contribution in [0.3, 0.4) is 0 Å². The summed E-state index contributed by atoms with van der Waals surface area (Å²) in [5.41, 5.74) is 2.13. The first-order valence-corrected chi connectivity index (χ1v) is 5.65. The van der Waals surface area contributed by atoms with Crippen LogP contribution in [-0.4, -0.2) is 30.8 Å². The number of carboxylic acid groups (broad SMARTS) is 1. The van der Waals surface area contributed by atoms with Gasteiger partial charge < -0.3 is 15.2 Å². The average molecular weight is 237 g/mol. The molecule has 0 aliphatic carbocycles. The molecule has 0 aromatic heterocycles. The van der Waals surface area contributed by atoms with E-state index in [1.165, 1.54) is 0 Å². The minimum atomic E-state index is -0.931. The van der Waals surface area contributed by atoms with Gasteiger partial charge in [0.15, 0.2) is 6.10 Å². The first-order valence-electron chi connectivity index (χ1n) is 5.65. The van der Waals surface area contributed by atoms with E-state index in [0.29, 0.717) is 18.7 Å². The van der Waals surface area contributed by atoms with E-state index in [0.717, 1.165) is 11.1 Å². The molecule has 0 amide bonds. The molecule has 0 saturated carbocycles. The molecule has 1 aromatic rings. The van der Waals surface area contributed by atoms with Crippen LogP contribution in [0, 0.1) is 13.8 Å². The number of rotatable bonds is 6. The maximum atomic E-state index is 11.0. The van der Waals surface area contributed by atoms with Gasteiger partial charge in [-0.05, 0) is 50.7 Å². The van der Waals surface area contributed by atoms with Crippen LogP contribution in [0.5, 0.6) is 5.75 Å². The van der Waals surface area contributed by atoms with E-state index in [1.807, 2.05) is 32.0 Å². The van der Waals surface area contributed by atoms with E-state index in [2.05, 4.69) is 5.32 Å². The smallest absolute Gasteiger partial charge is 0.344 e. The predicted molar refractivity (Wildman–Crippen MR) is 66.5 cm³/mol. The monoisotopic (exact) mass is 237 g/mol. The highest BCUT2D eigenvalue weighted by Crippen LogP contribution is 2.18. The summed E-state index contributed by atoms with van der Waals surface area (Å²) in [6, 6.07) is 5.72. The van der Waals surface area contributed by atoms with Crippen LogP contribution in [0.4, 0.5) is 0 Å². The Balaban J connectivity index is 2.74. The Morgan fingerprint density at radius 2 is 1.94 bits per heavy atom. The lowest BCUT2D eigenvalue weighted by molar-refractivity contribution is -0.145. The Bertz CT molecular complexity index is 370. The molecule has 0 fully saturated rings. The van der Waals surface area contributed by atoms with Crippen molar-refractivity contribution >= 4 is 5.97 Å². The third-order valence-electron chi connectivity index (χ3n) is 2.41. The highest BCUT2D eigenvalue weighted by Gasteiger charge is 2.18. The molecule has 17 heavy (non-hydrogen) atoms. The normalized spacial score (nSPS) is 12.2. The Morgan fingerprint density at radius 3 is 2.41 bits per heavy atom. The van der Waals surface area contributed by atoms with Crippen LogP contribution >= 0.6 is 0 Å². The molecule has 1 unspecified atom stereocenters. The number of nitrogens with one attached hydrogen (secondary N) is 1. The Hall–Kier alpha value is -1.55. The van der Waals surface area contributed by atoms with E-state index in [4.69, 9.17) is 9.84 Å². The average Bonchev–Trinajstić information content (AvgIpc) is 2.22. The van der Waals surface area contributed by atoms with Crippen molar-refractivity contribution in [3.63, 3.8) is 0 Å². The number of carbonyl (C=O) groups is 1. The summed E-state index contributed by atoms with van der Waals surface area (Å²) in [6.45, 7) is 4.54. The van der Waals surface area contributed by atoms with Gasteiger partial charge in [0.25, 0.3) is 0 Å². The number of aryl methyl sites for hydroxylation is 2. The fourth-order valence-electron chi connectivity index (χ4n) is 1.67. The summed E-state index contributed by atoms with van der Waals surface area (Å²) in [5, 5.41) is 12.0. The zero-order chi connectivity index (χ0) is 12.8. The number of hydrogen-bond donors (Lipinski definition) is 2. The molecule has 4 heteroatoms. The summed E-state index contributed by atoms with van der Waals surface area (Å²) in [7, 11) is 1.79. The van der Waals surface area contributed by atoms with Gasteiger partial charge in [-0.1, -0.05) is 6.07 Å². The number of hydrogen-bond acceptors (Lipinski definition) is 3. The van der Waals surface area contributed by atoms with Gasteiger partial charge in [0.1, 0.15) is 5.75 Å². The van der Waals surface area contributed by atoms with Gasteiger partial charge in [-0.3, -0.25) is 0 Å². The molecule has 4 nitrogen and oxygen atoms in total. The van der Waals surface area contributed by atoms with Gasteiger partial charge in [-0.25, -0.2) is 4.79 Å². The lowest BCUT2D eigenvalue weighted by Gasteiger charge is -2.15. The highest BCUT2D eigenvalue weighted by molar-refractivity contribution is 5.72. The molecule has 0 bridgehead atoms. The molecule has 0 saturated heterocycles. The third-order valence-corrected chi connectivity index (χ3v) is 2.41. The van der Waals surface area contributed by atoms with Gasteiger partial charge in [0.05, 0.1) is 0 Å². The maximum absolute atomic E-state index is 11.0. The molecule has 0 heterocycles. The second-order valence-corrected chi connectivity index (χ2v) is 4.16. The van der Waals surface area contributed by atoms with Crippen molar-refractivity contribution in [2.45, 2.75) is 26.4 Å². The molecule has 0 aliphatic heterocycles. The molecule has 0 aliphatic rings. The fraction of sp³-hybridized carbons (Fsp3) is 0.462. The van der Waals surface area contributed by atoms with Crippen LogP contribution in [-0.2, 0) is 4.79 Å². The summed E-state index contributed by atoms with van der Waals surface area (Å²) < 4.78 is 5.50. The summed E-state index contributed by atoms with van der Waals surface area (Å²) >= 11 is 0. The maximum Gasteiger partial charge on any atom is 0.344 e. The van der Waals surface area contributed by atoms with Crippen molar-refractivity contribution in [3.05, 3.63) is 29.3 Å². The van der Waals surface area contributed by atoms with Crippen molar-refractivity contribution in [2.75, 3.05) is 13.6 Å². The predicted octanol–water partition coefficient (Wildman–Crippen LogP) is 1.74. The highest BCUT2D eigenvalue weighted by atomic mass is 16.5. The van der Waals surface area contributed by atoms with E-state index in [9.17, 15) is 4.79 Å². The van der Waals surface area contributed by atoms with Gasteiger partial charge in [0.2, 0.25) is 0 Å². The summed E-state index contributed by atoms with van der Waals surface area (Å²) in [5.74, 6) is -0.314. The molecular weight excluding hydrogens is 218 g/mol. The summed E-state index contributed by atoms with van der Waals surface area (Å²) in [4.78, 5) is 11.0. The zero-order valence-electron chi connectivity index (χ0n) is 10.5. The van der Waals surface area contributed by atoms with E-state index in [-0.39, 0.29) is 0 Å². The number of carboxylic acids is 1. The Labute approximate surface area is 102 Å². The molecule has 1 atom stereocenters. The number of benzene rings is 1. The molecule has 0 spiro atoms. The molecule has 94 valence electrons. The van der Waals surface area contributed by atoms with Crippen LogP contribution in [0.1, 0.15) is 17.5 Å². The molecule has 2 N–H and O–H groups in total. The number of aliphatic carboxylic acids is 1. The Morgan fingerprint density at radius 1 is 1.35 bits per heavy atom. The fourth-order valence-corrected chi connectivity index (χ4v) is 1.67. The second-order valence-electron chi connectivity index (χ2n) is 4.16. The van der Waals surface area contributed by atoms with Crippen LogP contribution in [0.15, 0.2) is 18.2 Å². The molecule has 1 rings (SSSR count). The van der Waals surface area contributed by atoms with Gasteiger partial charge in [0, 0.05) is 6.42 Å². The van der Waals surface area contributed by atoms with Crippen molar-refractivity contribution in [3.8, 4) is 5.75 Å². The van der Waals surface area contributed by atoms with Gasteiger partial charge >= 0.3 is 5.97 Å². The standard InChI is InChI=1S/C13H19NO3/c1-9-6-10(2)8-11(7-9)17-12(13(15)16)4-5-14-3/h6-8,12,14H,4-5H2,1-3H3,(H,15,16). The van der Waals surface area contributed by atoms with Crippen LogP contribution in [0.25, 0.3) is 0 Å². The minimum absolute atomic E-state index is 0.443. The van der Waals surface area contributed by atoms with Crippen LogP contribution < -0.4 is 10.1 Å². The SMILES string of the molecule is CNCCC(Oc1cc(C)cc(C)c1)C(=O)O. The summed E-state index contributed by atoms with van der Waals surface area (Å²) in [6.07, 6.45) is -0.359. The molecular formula is C13H19NO3. The van der Waals surface area contributed by atoms with E-state index >= 15 is 0 Å². The third kappa shape index (κ3) is 4.44.